The van der Waals surface area contributed by atoms with Crippen LogP contribution in [0.2, 0.25) is 0 Å². The molecule has 0 bridgehead atoms. The van der Waals surface area contributed by atoms with Crippen LogP contribution in [0, 0.1) is 18.8 Å². The van der Waals surface area contributed by atoms with E-state index in [4.69, 9.17) is 0 Å². The Hall–Kier alpha value is -1.12. The lowest BCUT2D eigenvalue weighted by Crippen LogP contribution is -2.07. The van der Waals surface area contributed by atoms with Gasteiger partial charge in [-0.15, -0.1) is 0 Å². The molecule has 1 aromatic rings. The third-order valence-electron chi connectivity index (χ3n) is 2.90. The second-order valence-electron chi connectivity index (χ2n) is 4.13. The largest absolute Gasteiger partial charge is 0.354 e. The summed E-state index contributed by atoms with van der Waals surface area (Å²) in [6.07, 6.45) is 6.37. The minimum Gasteiger partial charge on any atom is -0.354 e. The highest BCUT2D eigenvalue weighted by molar-refractivity contribution is 5.24. The molecular weight excluding hydrogens is 174 g/mol. The lowest BCUT2D eigenvalue weighted by Gasteiger charge is -2.03. The van der Waals surface area contributed by atoms with Gasteiger partial charge in [-0.1, -0.05) is 13.3 Å². The topological polar surface area (TPSA) is 37.8 Å². The van der Waals surface area contributed by atoms with Crippen LogP contribution in [0.25, 0.3) is 0 Å². The Balaban J connectivity index is 1.78. The van der Waals surface area contributed by atoms with Crippen LogP contribution in [-0.4, -0.2) is 16.5 Å². The fraction of sp³-hybridized carbons (Fsp3) is 0.636. The Kier molecular flexibility index (Phi) is 2.66. The number of hydrogen-bond acceptors (Lipinski definition) is 3. The van der Waals surface area contributed by atoms with Crippen LogP contribution in [0.4, 0.5) is 5.95 Å². The average molecular weight is 191 g/mol. The molecule has 0 unspecified atom stereocenters. The predicted octanol–water partition coefficient (Wildman–Crippen LogP) is 2.24. The first-order valence-corrected chi connectivity index (χ1v) is 5.32. The molecule has 0 radical (unpaired) electrons. The van der Waals surface area contributed by atoms with Crippen LogP contribution in [0.15, 0.2) is 12.4 Å². The summed E-state index contributed by atoms with van der Waals surface area (Å²) >= 11 is 0. The van der Waals surface area contributed by atoms with Crippen LogP contribution in [0.5, 0.6) is 0 Å². The number of aromatic nitrogens is 2. The lowest BCUT2D eigenvalue weighted by molar-refractivity contribution is 0.699. The quantitative estimate of drug-likeness (QED) is 0.793. The second kappa shape index (κ2) is 3.95. The molecule has 2 rings (SSSR count). The molecule has 0 amide bonds. The van der Waals surface area contributed by atoms with Crippen LogP contribution in [-0.2, 0) is 0 Å². The van der Waals surface area contributed by atoms with Gasteiger partial charge in [0.2, 0.25) is 5.95 Å². The van der Waals surface area contributed by atoms with Crippen LogP contribution in [0.3, 0.4) is 0 Å². The van der Waals surface area contributed by atoms with Gasteiger partial charge < -0.3 is 5.32 Å². The molecule has 1 saturated carbocycles. The van der Waals surface area contributed by atoms with Crippen molar-refractivity contribution in [1.82, 2.24) is 9.97 Å². The zero-order valence-electron chi connectivity index (χ0n) is 8.83. The molecule has 14 heavy (non-hydrogen) atoms. The van der Waals surface area contributed by atoms with Crippen molar-refractivity contribution in [3.05, 3.63) is 18.0 Å². The van der Waals surface area contributed by atoms with Crippen molar-refractivity contribution < 1.29 is 0 Å². The van der Waals surface area contributed by atoms with Crippen LogP contribution >= 0.6 is 0 Å². The monoisotopic (exact) mass is 191 g/mol. The molecule has 1 N–H and O–H groups in total. The maximum Gasteiger partial charge on any atom is 0.222 e. The van der Waals surface area contributed by atoms with Gasteiger partial charge in [0.15, 0.2) is 0 Å². The normalized spacial score (nSPS) is 24.7. The van der Waals surface area contributed by atoms with Gasteiger partial charge in [-0.3, -0.25) is 0 Å². The number of anilines is 1. The maximum absolute atomic E-state index is 4.21. The van der Waals surface area contributed by atoms with E-state index in [1.165, 1.54) is 12.8 Å². The molecule has 0 spiro atoms. The van der Waals surface area contributed by atoms with E-state index in [-0.39, 0.29) is 0 Å². The average Bonchev–Trinajstić information content (AvgIpc) is 2.96. The van der Waals surface area contributed by atoms with Gasteiger partial charge >= 0.3 is 0 Å². The summed E-state index contributed by atoms with van der Waals surface area (Å²) in [7, 11) is 0. The summed E-state index contributed by atoms with van der Waals surface area (Å²) in [5.41, 5.74) is 1.11. The Morgan fingerprint density at radius 1 is 1.36 bits per heavy atom. The van der Waals surface area contributed by atoms with Gasteiger partial charge in [-0.05, 0) is 30.7 Å². The molecule has 2 atom stereocenters. The van der Waals surface area contributed by atoms with E-state index in [0.717, 1.165) is 29.9 Å². The highest BCUT2D eigenvalue weighted by atomic mass is 15.1. The van der Waals surface area contributed by atoms with E-state index in [0.29, 0.717) is 0 Å². The van der Waals surface area contributed by atoms with Crippen molar-refractivity contribution in [2.45, 2.75) is 26.7 Å². The van der Waals surface area contributed by atoms with Gasteiger partial charge in [-0.2, -0.15) is 0 Å². The first-order valence-electron chi connectivity index (χ1n) is 5.32. The van der Waals surface area contributed by atoms with Crippen molar-refractivity contribution in [1.29, 1.82) is 0 Å². The molecule has 1 fully saturated rings. The predicted molar refractivity (Wildman–Crippen MR) is 57.1 cm³/mol. The van der Waals surface area contributed by atoms with Crippen molar-refractivity contribution in [3.63, 3.8) is 0 Å². The Bertz CT molecular complexity index is 294. The van der Waals surface area contributed by atoms with Gasteiger partial charge in [0.1, 0.15) is 0 Å². The van der Waals surface area contributed by atoms with Crippen molar-refractivity contribution in [2.24, 2.45) is 11.8 Å². The van der Waals surface area contributed by atoms with Gasteiger partial charge in [0, 0.05) is 18.9 Å². The summed E-state index contributed by atoms with van der Waals surface area (Å²) in [5, 5.41) is 3.28. The van der Waals surface area contributed by atoms with E-state index in [1.54, 1.807) is 0 Å². The molecule has 76 valence electrons. The minimum absolute atomic E-state index is 0.761. The van der Waals surface area contributed by atoms with Crippen molar-refractivity contribution in [2.75, 3.05) is 11.9 Å². The van der Waals surface area contributed by atoms with E-state index in [1.807, 2.05) is 19.3 Å². The summed E-state index contributed by atoms with van der Waals surface area (Å²) < 4.78 is 0. The molecule has 1 aliphatic carbocycles. The zero-order chi connectivity index (χ0) is 9.97. The first kappa shape index (κ1) is 9.44. The molecule has 3 heteroatoms. The summed E-state index contributed by atoms with van der Waals surface area (Å²) in [6, 6.07) is 0. The maximum atomic E-state index is 4.21. The molecule has 3 nitrogen and oxygen atoms in total. The van der Waals surface area contributed by atoms with Gasteiger partial charge in [0.05, 0.1) is 0 Å². The Morgan fingerprint density at radius 2 is 2.07 bits per heavy atom. The van der Waals surface area contributed by atoms with E-state index in [9.17, 15) is 0 Å². The third kappa shape index (κ3) is 2.22. The molecular formula is C11H17N3. The number of aryl methyl sites for hydroxylation is 1. The van der Waals surface area contributed by atoms with Gasteiger partial charge in [0.25, 0.3) is 0 Å². The molecule has 0 aromatic carbocycles. The SMILES string of the molecule is CC[C@@H]1C[C@H]1CNc1ncc(C)cn1. The standard InChI is InChI=1S/C11H17N3/c1-3-9-4-10(9)7-14-11-12-5-8(2)6-13-11/h5-6,9-10H,3-4,7H2,1-2H3,(H,12,13,14)/t9-,10+/m1/s1. The number of rotatable bonds is 4. The molecule has 1 heterocycles. The van der Waals surface area contributed by atoms with E-state index < -0.39 is 0 Å². The highest BCUT2D eigenvalue weighted by Gasteiger charge is 2.34. The summed E-state index contributed by atoms with van der Waals surface area (Å²) in [4.78, 5) is 8.41. The van der Waals surface area contributed by atoms with E-state index >= 15 is 0 Å². The molecule has 0 saturated heterocycles. The molecule has 0 aliphatic heterocycles. The molecule has 1 aromatic heterocycles. The summed E-state index contributed by atoms with van der Waals surface area (Å²) in [5.74, 6) is 2.55. The van der Waals surface area contributed by atoms with Crippen molar-refractivity contribution in [3.8, 4) is 0 Å². The van der Waals surface area contributed by atoms with Crippen molar-refractivity contribution >= 4 is 5.95 Å². The zero-order valence-corrected chi connectivity index (χ0v) is 8.83. The van der Waals surface area contributed by atoms with E-state index in [2.05, 4.69) is 22.2 Å². The number of hydrogen-bond donors (Lipinski definition) is 1. The Labute approximate surface area is 85.0 Å². The Morgan fingerprint density at radius 3 is 2.64 bits per heavy atom. The number of nitrogens with zero attached hydrogens (tertiary/aromatic N) is 2. The molecule has 1 aliphatic rings. The van der Waals surface area contributed by atoms with Gasteiger partial charge in [-0.25, -0.2) is 9.97 Å². The lowest BCUT2D eigenvalue weighted by atomic mass is 10.2. The minimum atomic E-state index is 0.761. The van der Waals surface area contributed by atoms with Crippen LogP contribution in [0.1, 0.15) is 25.3 Å². The number of nitrogens with one attached hydrogen (secondary N) is 1. The van der Waals surface area contributed by atoms with Crippen LogP contribution < -0.4 is 5.32 Å². The third-order valence-corrected chi connectivity index (χ3v) is 2.90. The summed E-state index contributed by atoms with van der Waals surface area (Å²) in [6.45, 7) is 5.28. The first-order chi connectivity index (χ1) is 6.79. The second-order valence-corrected chi connectivity index (χ2v) is 4.13. The fourth-order valence-corrected chi connectivity index (χ4v) is 1.77. The highest BCUT2D eigenvalue weighted by Crippen LogP contribution is 2.40. The smallest absolute Gasteiger partial charge is 0.222 e. The fourth-order valence-electron chi connectivity index (χ4n) is 1.77.